The van der Waals surface area contributed by atoms with Crippen molar-refractivity contribution in [2.45, 2.75) is 50.6 Å². The predicted octanol–water partition coefficient (Wildman–Crippen LogP) is 0.789. The van der Waals surface area contributed by atoms with Crippen LogP contribution in [0.25, 0.3) is 0 Å². The van der Waals surface area contributed by atoms with Crippen molar-refractivity contribution in [1.82, 2.24) is 14.9 Å². The molecule has 8 heteroatoms. The lowest BCUT2D eigenvalue weighted by molar-refractivity contribution is -0.139. The molecule has 1 atom stereocenters. The predicted molar refractivity (Wildman–Crippen MR) is 94.4 cm³/mol. The first-order valence-corrected chi connectivity index (χ1v) is 9.83. The van der Waals surface area contributed by atoms with Gasteiger partial charge in [-0.15, -0.1) is 0 Å². The maximum absolute atomic E-state index is 12.8. The number of nitrogens with one attached hydrogen (secondary N) is 2. The summed E-state index contributed by atoms with van der Waals surface area (Å²) in [5, 5.41) is 5.04. The minimum absolute atomic E-state index is 0.120. The van der Waals surface area contributed by atoms with Gasteiger partial charge < -0.3 is 10.6 Å². The topological polar surface area (TPSA) is 95.6 Å². The van der Waals surface area contributed by atoms with Crippen molar-refractivity contribution in [2.24, 2.45) is 0 Å². The number of hydrogen-bond donors (Lipinski definition) is 2. The molecule has 1 aliphatic heterocycles. The van der Waals surface area contributed by atoms with Crippen LogP contribution in [0.3, 0.4) is 0 Å². The normalized spacial score (nSPS) is 18.3. The second-order valence-corrected chi connectivity index (χ2v) is 8.45. The Labute approximate surface area is 148 Å². The van der Waals surface area contributed by atoms with Gasteiger partial charge in [0.25, 0.3) is 0 Å². The summed E-state index contributed by atoms with van der Waals surface area (Å²) in [6.45, 7) is 5.95. The zero-order valence-corrected chi connectivity index (χ0v) is 15.6. The van der Waals surface area contributed by atoms with Crippen LogP contribution in [0, 0.1) is 6.92 Å². The molecule has 0 unspecified atom stereocenters. The van der Waals surface area contributed by atoms with Crippen LogP contribution in [0.4, 0.5) is 0 Å². The summed E-state index contributed by atoms with van der Waals surface area (Å²) in [5.41, 5.74) is 0.986. The minimum Gasteiger partial charge on any atom is -0.346 e. The van der Waals surface area contributed by atoms with Gasteiger partial charge in [0.1, 0.15) is 0 Å². The highest BCUT2D eigenvalue weighted by Crippen LogP contribution is 2.25. The van der Waals surface area contributed by atoms with Crippen molar-refractivity contribution in [3.05, 3.63) is 29.8 Å². The number of carbonyl (C=O) groups excluding carboxylic acids is 2. The molecule has 1 aromatic carbocycles. The third-order valence-electron chi connectivity index (χ3n) is 4.07. The maximum Gasteiger partial charge on any atom is 0.309 e. The van der Waals surface area contributed by atoms with E-state index in [4.69, 9.17) is 0 Å². The number of nitrogens with zero attached hydrogens (tertiary/aromatic N) is 1. The molecule has 25 heavy (non-hydrogen) atoms. The van der Waals surface area contributed by atoms with Crippen molar-refractivity contribution in [1.29, 1.82) is 0 Å². The molecule has 0 aliphatic carbocycles. The second-order valence-electron chi connectivity index (χ2n) is 6.56. The highest BCUT2D eigenvalue weighted by atomic mass is 32.2. The summed E-state index contributed by atoms with van der Waals surface area (Å²) < 4.78 is 27.0. The summed E-state index contributed by atoms with van der Waals surface area (Å²) >= 11 is 0. The largest absolute Gasteiger partial charge is 0.346 e. The summed E-state index contributed by atoms with van der Waals surface area (Å²) in [4.78, 5) is 23.7. The lowest BCUT2D eigenvalue weighted by Crippen LogP contribution is -2.48. The second kappa shape index (κ2) is 7.97. The Hall–Kier alpha value is -1.93. The molecule has 0 saturated carbocycles. The van der Waals surface area contributed by atoms with Gasteiger partial charge in [0.05, 0.1) is 4.90 Å². The number of benzene rings is 1. The Morgan fingerprint density at radius 2 is 1.84 bits per heavy atom. The number of aryl methyl sites for hydroxylation is 1. The smallest absolute Gasteiger partial charge is 0.309 e. The fourth-order valence-corrected chi connectivity index (χ4v) is 4.49. The average molecular weight is 367 g/mol. The lowest BCUT2D eigenvalue weighted by atomic mass is 10.2. The highest BCUT2D eigenvalue weighted by Gasteiger charge is 2.35. The van der Waals surface area contributed by atoms with E-state index in [0.29, 0.717) is 13.0 Å². The zero-order chi connectivity index (χ0) is 18.6. The van der Waals surface area contributed by atoms with E-state index in [-0.39, 0.29) is 23.5 Å². The first-order chi connectivity index (χ1) is 11.7. The van der Waals surface area contributed by atoms with Gasteiger partial charge in [-0.05, 0) is 45.7 Å². The zero-order valence-electron chi connectivity index (χ0n) is 14.8. The van der Waals surface area contributed by atoms with Crippen LogP contribution < -0.4 is 10.6 Å². The molecule has 0 aromatic heterocycles. The summed E-state index contributed by atoms with van der Waals surface area (Å²) in [6.07, 6.45) is 1.38. The molecular weight excluding hydrogens is 342 g/mol. The van der Waals surface area contributed by atoms with Gasteiger partial charge in [-0.3, -0.25) is 9.59 Å². The summed E-state index contributed by atoms with van der Waals surface area (Å²) in [7, 11) is -3.61. The number of hydrogen-bond acceptors (Lipinski definition) is 4. The molecule has 138 valence electrons. The third-order valence-corrected chi connectivity index (χ3v) is 6.04. The van der Waals surface area contributed by atoms with Gasteiger partial charge in [0.2, 0.25) is 10.0 Å². The Kier molecular flexibility index (Phi) is 6.18. The fraction of sp³-hybridized carbons (Fsp3) is 0.529. The van der Waals surface area contributed by atoms with Gasteiger partial charge in [-0.1, -0.05) is 17.7 Å². The molecule has 1 saturated heterocycles. The molecule has 2 rings (SSSR count). The first kappa shape index (κ1) is 19.4. The molecule has 1 fully saturated rings. The van der Waals surface area contributed by atoms with Gasteiger partial charge in [-0.2, -0.15) is 4.31 Å². The van der Waals surface area contributed by atoms with E-state index in [1.54, 1.807) is 38.1 Å². The van der Waals surface area contributed by atoms with Crippen LogP contribution in [0.2, 0.25) is 0 Å². The summed E-state index contributed by atoms with van der Waals surface area (Å²) in [6, 6.07) is 6.22. The number of rotatable bonds is 5. The standard InChI is InChI=1S/C17H25N3O4S/c1-12(2)19-17(22)16(21)18-11-14-5-4-10-20(14)25(23,24)15-8-6-13(3)7-9-15/h6-9,12,14H,4-5,10-11H2,1-3H3,(H,18,21)(H,19,22)/t14-/m0/s1. The van der Waals surface area contributed by atoms with E-state index in [2.05, 4.69) is 10.6 Å². The average Bonchev–Trinajstić information content (AvgIpc) is 3.01. The monoisotopic (exact) mass is 367 g/mol. The molecule has 0 bridgehead atoms. The quantitative estimate of drug-likeness (QED) is 0.752. The van der Waals surface area contributed by atoms with Crippen LogP contribution in [-0.2, 0) is 19.6 Å². The minimum atomic E-state index is -3.61. The Morgan fingerprint density at radius 3 is 2.44 bits per heavy atom. The maximum atomic E-state index is 12.8. The summed E-state index contributed by atoms with van der Waals surface area (Å²) in [5.74, 6) is -1.45. The van der Waals surface area contributed by atoms with Crippen molar-refractivity contribution in [3.63, 3.8) is 0 Å². The SMILES string of the molecule is Cc1ccc(S(=O)(=O)N2CCC[C@H]2CNC(=O)C(=O)NC(C)C)cc1. The van der Waals surface area contributed by atoms with Crippen LogP contribution in [0.5, 0.6) is 0 Å². The van der Waals surface area contributed by atoms with Crippen molar-refractivity contribution in [3.8, 4) is 0 Å². The molecule has 1 aromatic rings. The van der Waals surface area contributed by atoms with E-state index >= 15 is 0 Å². The Balaban J connectivity index is 2.03. The fourth-order valence-electron chi connectivity index (χ4n) is 2.79. The molecule has 7 nitrogen and oxygen atoms in total. The van der Waals surface area contributed by atoms with E-state index < -0.39 is 21.8 Å². The molecule has 1 heterocycles. The van der Waals surface area contributed by atoms with Gasteiger partial charge in [0.15, 0.2) is 0 Å². The lowest BCUT2D eigenvalue weighted by Gasteiger charge is -2.24. The van der Waals surface area contributed by atoms with Crippen LogP contribution in [0.1, 0.15) is 32.3 Å². The van der Waals surface area contributed by atoms with Crippen LogP contribution >= 0.6 is 0 Å². The Morgan fingerprint density at radius 1 is 1.20 bits per heavy atom. The number of carbonyl (C=O) groups is 2. The van der Waals surface area contributed by atoms with Crippen molar-refractivity contribution < 1.29 is 18.0 Å². The van der Waals surface area contributed by atoms with E-state index in [0.717, 1.165) is 12.0 Å². The highest BCUT2D eigenvalue weighted by molar-refractivity contribution is 7.89. The van der Waals surface area contributed by atoms with Crippen LogP contribution in [-0.4, -0.2) is 49.7 Å². The van der Waals surface area contributed by atoms with E-state index in [1.807, 2.05) is 6.92 Å². The molecule has 0 radical (unpaired) electrons. The molecule has 2 amide bonds. The Bertz CT molecular complexity index is 729. The molecular formula is C17H25N3O4S. The van der Waals surface area contributed by atoms with E-state index in [1.165, 1.54) is 4.31 Å². The van der Waals surface area contributed by atoms with Gasteiger partial charge in [-0.25, -0.2) is 8.42 Å². The molecule has 0 spiro atoms. The number of sulfonamides is 1. The number of amides is 2. The molecule has 1 aliphatic rings. The van der Waals surface area contributed by atoms with E-state index in [9.17, 15) is 18.0 Å². The van der Waals surface area contributed by atoms with Gasteiger partial charge >= 0.3 is 11.8 Å². The van der Waals surface area contributed by atoms with Crippen LogP contribution in [0.15, 0.2) is 29.2 Å². The van der Waals surface area contributed by atoms with Crippen molar-refractivity contribution in [2.75, 3.05) is 13.1 Å². The molecule has 2 N–H and O–H groups in total. The van der Waals surface area contributed by atoms with Gasteiger partial charge in [0, 0.05) is 25.2 Å². The third kappa shape index (κ3) is 4.79. The first-order valence-electron chi connectivity index (χ1n) is 8.39. The van der Waals surface area contributed by atoms with Crippen molar-refractivity contribution >= 4 is 21.8 Å².